The first-order valence-corrected chi connectivity index (χ1v) is 5.34. The Morgan fingerprint density at radius 3 is 2.65 bits per heavy atom. The summed E-state index contributed by atoms with van der Waals surface area (Å²) < 4.78 is 5.36. The number of nitrogens with two attached hydrogens (primary N) is 1. The maximum Gasteiger partial charge on any atom is 0.241 e. The fourth-order valence-electron chi connectivity index (χ4n) is 1.28. The Hall–Kier alpha value is -1.26. The molecule has 96 valence electrons. The number of ether oxygens (including phenoxy) is 1. The van der Waals surface area contributed by atoms with E-state index in [1.165, 1.54) is 0 Å². The Kier molecular flexibility index (Phi) is 6.61. The van der Waals surface area contributed by atoms with Gasteiger partial charge in [0.05, 0.1) is 12.6 Å². The maximum absolute atomic E-state index is 11.4. The van der Waals surface area contributed by atoms with Crippen molar-refractivity contribution in [3.05, 3.63) is 23.8 Å². The highest BCUT2D eigenvalue weighted by atomic mass is 35.5. The van der Waals surface area contributed by atoms with E-state index in [-0.39, 0.29) is 18.3 Å². The molecule has 1 atom stereocenters. The summed E-state index contributed by atoms with van der Waals surface area (Å²) in [7, 11) is 0. The van der Waals surface area contributed by atoms with Crippen LogP contribution in [0.3, 0.4) is 0 Å². The lowest BCUT2D eigenvalue weighted by Crippen LogP contribution is -2.32. The van der Waals surface area contributed by atoms with Crippen LogP contribution in [0.5, 0.6) is 5.75 Å². The molecule has 3 N–H and O–H groups in total. The molecule has 0 heterocycles. The number of carbonyl (C=O) groups excluding carboxylic acids is 1. The molecule has 0 radical (unpaired) electrons. The molecule has 1 aromatic carbocycles. The van der Waals surface area contributed by atoms with Gasteiger partial charge in [-0.25, -0.2) is 0 Å². The average molecular weight is 259 g/mol. The topological polar surface area (TPSA) is 64.3 Å². The fourth-order valence-corrected chi connectivity index (χ4v) is 1.28. The molecular formula is C12H19ClN2O2. The van der Waals surface area contributed by atoms with Crippen LogP contribution in [0.15, 0.2) is 18.2 Å². The van der Waals surface area contributed by atoms with E-state index in [0.717, 1.165) is 17.0 Å². The highest BCUT2D eigenvalue weighted by Crippen LogP contribution is 2.21. The molecule has 0 saturated carbocycles. The van der Waals surface area contributed by atoms with Crippen LogP contribution in [0, 0.1) is 6.92 Å². The van der Waals surface area contributed by atoms with E-state index in [2.05, 4.69) is 5.32 Å². The van der Waals surface area contributed by atoms with Gasteiger partial charge in [-0.3, -0.25) is 4.79 Å². The first-order chi connectivity index (χ1) is 7.54. The molecule has 1 rings (SSSR count). The molecule has 0 bridgehead atoms. The molecule has 1 amide bonds. The quantitative estimate of drug-likeness (QED) is 0.869. The van der Waals surface area contributed by atoms with E-state index >= 15 is 0 Å². The monoisotopic (exact) mass is 258 g/mol. The van der Waals surface area contributed by atoms with E-state index in [1.54, 1.807) is 6.92 Å². The summed E-state index contributed by atoms with van der Waals surface area (Å²) in [4.78, 5) is 11.4. The van der Waals surface area contributed by atoms with Gasteiger partial charge in [-0.1, -0.05) is 0 Å². The Labute approximate surface area is 108 Å². The molecule has 0 aliphatic rings. The normalized spacial score (nSPS) is 11.3. The second-order valence-electron chi connectivity index (χ2n) is 3.69. The fraction of sp³-hybridized carbons (Fsp3) is 0.417. The lowest BCUT2D eigenvalue weighted by Gasteiger charge is -2.11. The molecular weight excluding hydrogens is 240 g/mol. The average Bonchev–Trinajstić information content (AvgIpc) is 2.22. The zero-order valence-electron chi connectivity index (χ0n) is 10.3. The first-order valence-electron chi connectivity index (χ1n) is 5.34. The molecule has 0 spiro atoms. The van der Waals surface area contributed by atoms with Crippen molar-refractivity contribution in [2.24, 2.45) is 5.73 Å². The highest BCUT2D eigenvalue weighted by Gasteiger charge is 2.09. The van der Waals surface area contributed by atoms with Crippen LogP contribution in [0.1, 0.15) is 19.4 Å². The van der Waals surface area contributed by atoms with Gasteiger partial charge in [0.1, 0.15) is 5.75 Å². The Morgan fingerprint density at radius 1 is 1.53 bits per heavy atom. The number of rotatable bonds is 4. The van der Waals surface area contributed by atoms with Gasteiger partial charge in [0, 0.05) is 5.69 Å². The first kappa shape index (κ1) is 15.7. The largest absolute Gasteiger partial charge is 0.494 e. The van der Waals surface area contributed by atoms with Gasteiger partial charge in [0.25, 0.3) is 0 Å². The van der Waals surface area contributed by atoms with Crippen molar-refractivity contribution < 1.29 is 9.53 Å². The maximum atomic E-state index is 11.4. The summed E-state index contributed by atoms with van der Waals surface area (Å²) in [6.07, 6.45) is 0. The molecule has 0 unspecified atom stereocenters. The van der Waals surface area contributed by atoms with Crippen molar-refractivity contribution in [3.63, 3.8) is 0 Å². The highest BCUT2D eigenvalue weighted by molar-refractivity contribution is 5.95. The number of amides is 1. The van der Waals surface area contributed by atoms with Gasteiger partial charge in [0.2, 0.25) is 5.91 Å². The van der Waals surface area contributed by atoms with Crippen LogP contribution in [0.2, 0.25) is 0 Å². The Balaban J connectivity index is 0.00000256. The van der Waals surface area contributed by atoms with Crippen molar-refractivity contribution in [3.8, 4) is 5.75 Å². The number of anilines is 1. The smallest absolute Gasteiger partial charge is 0.241 e. The van der Waals surface area contributed by atoms with E-state index < -0.39 is 6.04 Å². The van der Waals surface area contributed by atoms with Crippen LogP contribution in [-0.4, -0.2) is 18.6 Å². The van der Waals surface area contributed by atoms with Gasteiger partial charge in [0.15, 0.2) is 0 Å². The summed E-state index contributed by atoms with van der Waals surface area (Å²) in [5.74, 6) is 0.617. The van der Waals surface area contributed by atoms with Crippen LogP contribution in [-0.2, 0) is 4.79 Å². The van der Waals surface area contributed by atoms with E-state index in [4.69, 9.17) is 10.5 Å². The van der Waals surface area contributed by atoms with Crippen LogP contribution >= 0.6 is 12.4 Å². The summed E-state index contributed by atoms with van der Waals surface area (Å²) in [6, 6.07) is 5.03. The summed E-state index contributed by atoms with van der Waals surface area (Å²) in [6.45, 7) is 6.13. The van der Waals surface area contributed by atoms with Crippen LogP contribution in [0.4, 0.5) is 5.69 Å². The number of hydrogen-bond acceptors (Lipinski definition) is 3. The zero-order chi connectivity index (χ0) is 12.1. The lowest BCUT2D eigenvalue weighted by atomic mass is 10.2. The molecule has 0 aliphatic carbocycles. The van der Waals surface area contributed by atoms with E-state index in [9.17, 15) is 4.79 Å². The molecule has 5 heteroatoms. The van der Waals surface area contributed by atoms with Crippen molar-refractivity contribution in [1.82, 2.24) is 0 Å². The molecule has 0 aromatic heterocycles. The minimum atomic E-state index is -0.508. The third kappa shape index (κ3) is 4.63. The summed E-state index contributed by atoms with van der Waals surface area (Å²) in [5, 5.41) is 2.76. The summed E-state index contributed by atoms with van der Waals surface area (Å²) >= 11 is 0. The molecule has 1 aromatic rings. The van der Waals surface area contributed by atoms with Gasteiger partial charge >= 0.3 is 0 Å². The predicted octanol–water partition coefficient (Wildman–Crippen LogP) is 2.10. The lowest BCUT2D eigenvalue weighted by molar-refractivity contribution is -0.117. The minimum absolute atomic E-state index is 0. The second-order valence-corrected chi connectivity index (χ2v) is 3.69. The zero-order valence-corrected chi connectivity index (χ0v) is 11.1. The number of aryl methyl sites for hydroxylation is 1. The number of hydrogen-bond donors (Lipinski definition) is 2. The van der Waals surface area contributed by atoms with Crippen molar-refractivity contribution in [1.29, 1.82) is 0 Å². The molecule has 0 fully saturated rings. The van der Waals surface area contributed by atoms with Crippen molar-refractivity contribution in [2.45, 2.75) is 26.8 Å². The van der Waals surface area contributed by atoms with E-state index in [1.807, 2.05) is 32.0 Å². The van der Waals surface area contributed by atoms with Gasteiger partial charge in [-0.05, 0) is 44.5 Å². The standard InChI is InChI=1S/C12H18N2O2.ClH/c1-4-16-10-5-6-11(8(2)7-10)14-12(15)9(3)13;/h5-7,9H,4,13H2,1-3H3,(H,14,15);1H/t9-;/m0./s1. The summed E-state index contributed by atoms with van der Waals surface area (Å²) in [5.41, 5.74) is 7.20. The Morgan fingerprint density at radius 2 is 2.18 bits per heavy atom. The van der Waals surface area contributed by atoms with Gasteiger partial charge in [-0.2, -0.15) is 0 Å². The molecule has 17 heavy (non-hydrogen) atoms. The van der Waals surface area contributed by atoms with Crippen molar-refractivity contribution >= 4 is 24.0 Å². The van der Waals surface area contributed by atoms with Crippen molar-refractivity contribution in [2.75, 3.05) is 11.9 Å². The van der Waals surface area contributed by atoms with Gasteiger partial charge < -0.3 is 15.8 Å². The minimum Gasteiger partial charge on any atom is -0.494 e. The van der Waals surface area contributed by atoms with Gasteiger partial charge in [-0.15, -0.1) is 12.4 Å². The number of nitrogens with one attached hydrogen (secondary N) is 1. The molecule has 0 saturated heterocycles. The van der Waals surface area contributed by atoms with Crippen LogP contribution in [0.25, 0.3) is 0 Å². The number of halogens is 1. The Bertz CT molecular complexity index is 381. The SMILES string of the molecule is CCOc1ccc(NC(=O)[C@H](C)N)c(C)c1.Cl. The van der Waals surface area contributed by atoms with Crippen LogP contribution < -0.4 is 15.8 Å². The molecule has 4 nitrogen and oxygen atoms in total. The third-order valence-corrected chi connectivity index (χ3v) is 2.18. The van der Waals surface area contributed by atoms with E-state index in [0.29, 0.717) is 6.61 Å². The molecule has 0 aliphatic heterocycles. The second kappa shape index (κ2) is 7.14. The number of benzene rings is 1. The predicted molar refractivity (Wildman–Crippen MR) is 71.9 cm³/mol. The third-order valence-electron chi connectivity index (χ3n) is 2.18. The number of carbonyl (C=O) groups is 1.